The van der Waals surface area contributed by atoms with Gasteiger partial charge in [0.15, 0.2) is 9.84 Å². The van der Waals surface area contributed by atoms with Crippen LogP contribution in [-0.2, 0) is 9.84 Å². The number of benzene rings is 1. The number of sulfone groups is 1. The molecule has 1 atom stereocenters. The molecule has 0 aliphatic rings. The van der Waals surface area contributed by atoms with Gasteiger partial charge in [-0.25, -0.2) is 8.42 Å². The number of nitrogens with two attached hydrogens (primary N) is 1. The van der Waals surface area contributed by atoms with Crippen LogP contribution >= 0.6 is 11.6 Å². The molecule has 96 valence electrons. The second kappa shape index (κ2) is 4.94. The summed E-state index contributed by atoms with van der Waals surface area (Å²) in [6, 6.07) is 6.48. The molecule has 1 aromatic carbocycles. The van der Waals surface area contributed by atoms with Crippen LogP contribution < -0.4 is 11.3 Å². The van der Waals surface area contributed by atoms with Gasteiger partial charge in [0, 0.05) is 11.3 Å². The molecule has 0 aromatic heterocycles. The minimum absolute atomic E-state index is 0.517. The molecule has 0 fully saturated rings. The van der Waals surface area contributed by atoms with E-state index in [0.29, 0.717) is 5.02 Å². The van der Waals surface area contributed by atoms with E-state index in [4.69, 9.17) is 17.4 Å². The fraction of sp³-hybridized carbons (Fsp3) is 0.455. The van der Waals surface area contributed by atoms with E-state index in [1.54, 1.807) is 38.1 Å². The Morgan fingerprint density at radius 3 is 2.41 bits per heavy atom. The molecule has 17 heavy (non-hydrogen) atoms. The summed E-state index contributed by atoms with van der Waals surface area (Å²) >= 11 is 5.89. The molecule has 0 aliphatic carbocycles. The second-order valence-corrected chi connectivity index (χ2v) is 7.56. The summed E-state index contributed by atoms with van der Waals surface area (Å²) in [6.07, 6.45) is 1.20. The van der Waals surface area contributed by atoms with Crippen molar-refractivity contribution in [3.63, 3.8) is 0 Å². The number of hydrogen-bond donors (Lipinski definition) is 2. The molecule has 6 heteroatoms. The van der Waals surface area contributed by atoms with Crippen molar-refractivity contribution in [3.8, 4) is 0 Å². The first-order valence-electron chi connectivity index (χ1n) is 5.11. The van der Waals surface area contributed by atoms with Crippen molar-refractivity contribution in [2.75, 3.05) is 6.26 Å². The maximum atomic E-state index is 11.8. The highest BCUT2D eigenvalue weighted by atomic mass is 35.5. The molecular weight excluding hydrogens is 260 g/mol. The maximum Gasteiger partial charge on any atom is 0.154 e. The molecule has 0 bridgehead atoms. The van der Waals surface area contributed by atoms with Crippen LogP contribution in [0.2, 0.25) is 5.02 Å². The Bertz CT molecular complexity index is 500. The molecular formula is C11H17ClN2O2S. The van der Waals surface area contributed by atoms with Gasteiger partial charge >= 0.3 is 0 Å². The molecule has 1 rings (SSSR count). The van der Waals surface area contributed by atoms with Crippen LogP contribution in [0, 0.1) is 0 Å². The quantitative estimate of drug-likeness (QED) is 0.648. The predicted molar refractivity (Wildman–Crippen MR) is 70.4 cm³/mol. The first kappa shape index (κ1) is 14.4. The van der Waals surface area contributed by atoms with Gasteiger partial charge in [-0.1, -0.05) is 23.7 Å². The molecule has 0 aliphatic heterocycles. The van der Waals surface area contributed by atoms with E-state index in [1.165, 1.54) is 6.26 Å². The van der Waals surface area contributed by atoms with Crippen LogP contribution in [0.3, 0.4) is 0 Å². The fourth-order valence-electron chi connectivity index (χ4n) is 1.60. The highest BCUT2D eigenvalue weighted by molar-refractivity contribution is 7.92. The molecule has 0 amide bonds. The largest absolute Gasteiger partial charge is 0.271 e. The first-order chi connectivity index (χ1) is 7.70. The van der Waals surface area contributed by atoms with Crippen molar-refractivity contribution in [1.82, 2.24) is 5.43 Å². The zero-order valence-corrected chi connectivity index (χ0v) is 11.6. The molecule has 4 nitrogen and oxygen atoms in total. The topological polar surface area (TPSA) is 72.2 Å². The fourth-order valence-corrected chi connectivity index (χ4v) is 2.43. The Morgan fingerprint density at radius 1 is 1.41 bits per heavy atom. The molecule has 0 spiro atoms. The lowest BCUT2D eigenvalue weighted by Crippen LogP contribution is -2.47. The molecule has 3 N–H and O–H groups in total. The Balaban J connectivity index is 3.26. The SMILES string of the molecule is CC(C)(C(NN)c1cccc(Cl)c1)S(C)(=O)=O. The van der Waals surface area contributed by atoms with E-state index in [9.17, 15) is 8.42 Å². The number of nitrogens with one attached hydrogen (secondary N) is 1. The van der Waals surface area contributed by atoms with Gasteiger partial charge in [0.2, 0.25) is 0 Å². The Hall–Kier alpha value is -0.620. The highest BCUT2D eigenvalue weighted by Crippen LogP contribution is 2.32. The van der Waals surface area contributed by atoms with E-state index in [0.717, 1.165) is 5.56 Å². The summed E-state index contributed by atoms with van der Waals surface area (Å²) in [5.74, 6) is 5.48. The van der Waals surface area contributed by atoms with Gasteiger partial charge in [-0.3, -0.25) is 11.3 Å². The third kappa shape index (κ3) is 2.98. The van der Waals surface area contributed by atoms with Crippen molar-refractivity contribution < 1.29 is 8.42 Å². The van der Waals surface area contributed by atoms with E-state index < -0.39 is 20.6 Å². The number of hydrazine groups is 1. The zero-order valence-electron chi connectivity index (χ0n) is 10.1. The molecule has 0 saturated heterocycles. The second-order valence-electron chi connectivity index (χ2n) is 4.53. The van der Waals surface area contributed by atoms with E-state index in [2.05, 4.69) is 5.43 Å². The smallest absolute Gasteiger partial charge is 0.154 e. The molecule has 0 radical (unpaired) electrons. The minimum Gasteiger partial charge on any atom is -0.271 e. The summed E-state index contributed by atoms with van der Waals surface area (Å²) < 4.78 is 22.5. The third-order valence-corrected chi connectivity index (χ3v) is 5.38. The summed E-state index contributed by atoms with van der Waals surface area (Å²) in [6.45, 7) is 3.27. The zero-order chi connectivity index (χ0) is 13.3. The van der Waals surface area contributed by atoms with Crippen LogP contribution in [0.1, 0.15) is 25.5 Å². The van der Waals surface area contributed by atoms with Gasteiger partial charge < -0.3 is 0 Å². The lowest BCUT2D eigenvalue weighted by molar-refractivity contribution is 0.427. The molecule has 0 saturated carbocycles. The van der Waals surface area contributed by atoms with Gasteiger partial charge in [0.1, 0.15) is 0 Å². The van der Waals surface area contributed by atoms with Crippen molar-refractivity contribution in [3.05, 3.63) is 34.9 Å². The standard InChI is InChI=1S/C11H17ClN2O2S/c1-11(2,17(3,15)16)10(14-13)8-5-4-6-9(12)7-8/h4-7,10,14H,13H2,1-3H3. The van der Waals surface area contributed by atoms with Gasteiger partial charge in [0.05, 0.1) is 10.8 Å². The van der Waals surface area contributed by atoms with E-state index >= 15 is 0 Å². The van der Waals surface area contributed by atoms with Crippen molar-refractivity contribution in [1.29, 1.82) is 0 Å². The Morgan fingerprint density at radius 2 is 2.00 bits per heavy atom. The monoisotopic (exact) mass is 276 g/mol. The average molecular weight is 277 g/mol. The van der Waals surface area contributed by atoms with Crippen molar-refractivity contribution in [2.24, 2.45) is 5.84 Å². The van der Waals surface area contributed by atoms with Gasteiger partial charge in [0.25, 0.3) is 0 Å². The lowest BCUT2D eigenvalue weighted by Gasteiger charge is -2.32. The van der Waals surface area contributed by atoms with Crippen LogP contribution in [0.25, 0.3) is 0 Å². The normalized spacial score (nSPS) is 14.6. The first-order valence-corrected chi connectivity index (χ1v) is 7.38. The van der Waals surface area contributed by atoms with Crippen LogP contribution in [0.4, 0.5) is 0 Å². The van der Waals surface area contributed by atoms with Crippen molar-refractivity contribution >= 4 is 21.4 Å². The predicted octanol–water partition coefficient (Wildman–Crippen LogP) is 1.67. The van der Waals surface area contributed by atoms with E-state index in [-0.39, 0.29) is 0 Å². The summed E-state index contributed by atoms with van der Waals surface area (Å²) in [4.78, 5) is 0. The average Bonchev–Trinajstić information content (AvgIpc) is 2.16. The Kier molecular flexibility index (Phi) is 4.19. The van der Waals surface area contributed by atoms with Crippen LogP contribution in [-0.4, -0.2) is 19.4 Å². The van der Waals surface area contributed by atoms with E-state index in [1.807, 2.05) is 0 Å². The third-order valence-electron chi connectivity index (χ3n) is 3.00. The van der Waals surface area contributed by atoms with Gasteiger partial charge in [-0.2, -0.15) is 0 Å². The van der Waals surface area contributed by atoms with Gasteiger partial charge in [-0.15, -0.1) is 0 Å². The van der Waals surface area contributed by atoms with Crippen molar-refractivity contribution in [2.45, 2.75) is 24.6 Å². The number of hydrogen-bond acceptors (Lipinski definition) is 4. The van der Waals surface area contributed by atoms with Crippen LogP contribution in [0.15, 0.2) is 24.3 Å². The van der Waals surface area contributed by atoms with Crippen LogP contribution in [0.5, 0.6) is 0 Å². The summed E-state index contributed by atoms with van der Waals surface area (Å²) in [5.41, 5.74) is 3.30. The summed E-state index contributed by atoms with van der Waals surface area (Å²) in [5, 5.41) is 0.548. The molecule has 1 aromatic rings. The van der Waals surface area contributed by atoms with Gasteiger partial charge in [-0.05, 0) is 31.5 Å². The minimum atomic E-state index is -3.26. The molecule has 0 heterocycles. The maximum absolute atomic E-state index is 11.8. The molecule has 1 unspecified atom stereocenters. The summed E-state index contributed by atoms with van der Waals surface area (Å²) in [7, 11) is -3.26. The number of halogens is 1. The Labute approximate surface area is 107 Å². The lowest BCUT2D eigenvalue weighted by atomic mass is 9.96. The highest BCUT2D eigenvalue weighted by Gasteiger charge is 2.39. The number of rotatable bonds is 4.